The second-order valence-corrected chi connectivity index (χ2v) is 9.29. The number of halogens is 1. The van der Waals surface area contributed by atoms with Gasteiger partial charge in [-0.3, -0.25) is 9.59 Å². The minimum absolute atomic E-state index is 0.0593. The Labute approximate surface area is 224 Å². The van der Waals surface area contributed by atoms with E-state index in [1.165, 1.54) is 5.56 Å². The quantitative estimate of drug-likeness (QED) is 0.236. The van der Waals surface area contributed by atoms with Gasteiger partial charge in [-0.05, 0) is 66.2 Å². The van der Waals surface area contributed by atoms with Gasteiger partial charge in [-0.1, -0.05) is 53.6 Å². The van der Waals surface area contributed by atoms with Gasteiger partial charge in [-0.15, -0.1) is 0 Å². The Morgan fingerprint density at radius 2 is 1.74 bits per heavy atom. The summed E-state index contributed by atoms with van der Waals surface area (Å²) >= 11 is 6.22. The molecule has 0 bridgehead atoms. The number of benzene rings is 4. The van der Waals surface area contributed by atoms with E-state index in [2.05, 4.69) is 42.6 Å². The van der Waals surface area contributed by atoms with Crippen LogP contribution in [0.1, 0.15) is 22.3 Å². The Morgan fingerprint density at radius 3 is 2.50 bits per heavy atom. The number of nitrogens with zero attached hydrogens (tertiary/aromatic N) is 2. The second kappa shape index (κ2) is 10.8. The van der Waals surface area contributed by atoms with Gasteiger partial charge in [0.15, 0.2) is 5.75 Å². The highest BCUT2D eigenvalue weighted by atomic mass is 35.5. The molecule has 5 aromatic rings. The number of aliphatic carboxylic acids is 1. The molecular formula is C30H24ClN3O4. The van der Waals surface area contributed by atoms with Gasteiger partial charge in [0.2, 0.25) is 0 Å². The molecule has 190 valence electrons. The summed E-state index contributed by atoms with van der Waals surface area (Å²) in [5.41, 5.74) is 3.94. The smallest absolute Gasteiger partial charge is 0.305 e. The Morgan fingerprint density at radius 1 is 0.974 bits per heavy atom. The first-order valence-electron chi connectivity index (χ1n) is 12.0. The topological polar surface area (TPSA) is 93.5 Å². The molecule has 1 amide bonds. The van der Waals surface area contributed by atoms with Crippen molar-refractivity contribution in [3.05, 3.63) is 107 Å². The van der Waals surface area contributed by atoms with E-state index in [0.29, 0.717) is 27.8 Å². The van der Waals surface area contributed by atoms with E-state index >= 15 is 0 Å². The lowest BCUT2D eigenvalue weighted by atomic mass is 10.0. The van der Waals surface area contributed by atoms with E-state index in [1.807, 2.05) is 24.3 Å². The summed E-state index contributed by atoms with van der Waals surface area (Å²) in [6.45, 7) is 2.13. The number of fused-ring (bicyclic) bond motifs is 1. The van der Waals surface area contributed by atoms with Crippen LogP contribution in [0.15, 0.2) is 91.1 Å². The predicted molar refractivity (Wildman–Crippen MR) is 147 cm³/mol. The van der Waals surface area contributed by atoms with Crippen molar-refractivity contribution in [3.8, 4) is 28.4 Å². The molecule has 4 aromatic carbocycles. The largest absolute Gasteiger partial charge is 0.481 e. The van der Waals surface area contributed by atoms with Gasteiger partial charge < -0.3 is 15.2 Å². The fraction of sp³-hybridized carbons (Fsp3) is 0.100. The molecule has 7 nitrogen and oxygen atoms in total. The zero-order valence-electron chi connectivity index (χ0n) is 20.5. The SMILES string of the molecule is Cc1ccc2cc(-c3nn(-c4cccc(Cl)c4)cc3Oc3ccc(C(=O)NCCC(=O)O)cc3)ccc2c1. The summed E-state index contributed by atoms with van der Waals surface area (Å²) in [5, 5.41) is 19.0. The van der Waals surface area contributed by atoms with E-state index in [9.17, 15) is 9.59 Å². The van der Waals surface area contributed by atoms with Crippen molar-refractivity contribution in [1.29, 1.82) is 0 Å². The van der Waals surface area contributed by atoms with Crippen molar-refractivity contribution < 1.29 is 19.4 Å². The first-order valence-corrected chi connectivity index (χ1v) is 12.4. The lowest BCUT2D eigenvalue weighted by Gasteiger charge is -2.08. The van der Waals surface area contributed by atoms with Crippen molar-refractivity contribution in [2.75, 3.05) is 6.54 Å². The summed E-state index contributed by atoms with van der Waals surface area (Å²) in [5.74, 6) is -0.256. The first-order chi connectivity index (χ1) is 18.4. The Bertz CT molecular complexity index is 1640. The molecule has 0 atom stereocenters. The van der Waals surface area contributed by atoms with Crippen LogP contribution < -0.4 is 10.1 Å². The normalized spacial score (nSPS) is 10.9. The summed E-state index contributed by atoms with van der Waals surface area (Å²) in [7, 11) is 0. The number of rotatable bonds is 8. The molecule has 8 heteroatoms. The van der Waals surface area contributed by atoms with Crippen LogP contribution in [0.3, 0.4) is 0 Å². The highest BCUT2D eigenvalue weighted by Crippen LogP contribution is 2.35. The van der Waals surface area contributed by atoms with E-state index in [4.69, 9.17) is 26.5 Å². The third-order valence-corrected chi connectivity index (χ3v) is 6.23. The molecule has 0 saturated carbocycles. The minimum atomic E-state index is -0.968. The number of hydrogen-bond donors (Lipinski definition) is 2. The van der Waals surface area contributed by atoms with Crippen LogP contribution in [-0.2, 0) is 4.79 Å². The molecule has 0 spiro atoms. The molecular weight excluding hydrogens is 502 g/mol. The molecule has 1 aromatic heterocycles. The summed E-state index contributed by atoms with van der Waals surface area (Å²) < 4.78 is 7.97. The van der Waals surface area contributed by atoms with E-state index < -0.39 is 5.97 Å². The van der Waals surface area contributed by atoms with Crippen LogP contribution in [0.4, 0.5) is 0 Å². The predicted octanol–water partition coefficient (Wildman–Crippen LogP) is 6.65. The number of carbonyl (C=O) groups excluding carboxylic acids is 1. The number of amides is 1. The first kappa shape index (κ1) is 25.0. The van der Waals surface area contributed by atoms with Crippen LogP contribution in [0.2, 0.25) is 5.02 Å². The van der Waals surface area contributed by atoms with E-state index in [-0.39, 0.29) is 18.9 Å². The van der Waals surface area contributed by atoms with Crippen LogP contribution in [0.25, 0.3) is 27.7 Å². The summed E-state index contributed by atoms with van der Waals surface area (Å²) in [4.78, 5) is 23.0. The number of aromatic nitrogens is 2. The average Bonchev–Trinajstić information content (AvgIpc) is 3.32. The number of carbonyl (C=O) groups is 2. The molecule has 5 rings (SSSR count). The average molecular weight is 526 g/mol. The van der Waals surface area contributed by atoms with Gasteiger partial charge in [0, 0.05) is 22.7 Å². The Hall–Kier alpha value is -4.62. The third kappa shape index (κ3) is 5.68. The monoisotopic (exact) mass is 525 g/mol. The van der Waals surface area contributed by atoms with Gasteiger partial charge in [-0.25, -0.2) is 4.68 Å². The molecule has 0 aliphatic rings. The van der Waals surface area contributed by atoms with Crippen LogP contribution >= 0.6 is 11.6 Å². The molecule has 0 radical (unpaired) electrons. The number of ether oxygens (including phenoxy) is 1. The maximum Gasteiger partial charge on any atom is 0.305 e. The zero-order chi connectivity index (χ0) is 26.6. The van der Waals surface area contributed by atoms with Gasteiger partial charge in [0.25, 0.3) is 5.91 Å². The maximum atomic E-state index is 12.3. The van der Waals surface area contributed by atoms with Crippen molar-refractivity contribution in [2.24, 2.45) is 0 Å². The maximum absolute atomic E-state index is 12.3. The van der Waals surface area contributed by atoms with Crippen LogP contribution in [0.5, 0.6) is 11.5 Å². The highest BCUT2D eigenvalue weighted by Gasteiger charge is 2.16. The van der Waals surface area contributed by atoms with Gasteiger partial charge in [-0.2, -0.15) is 5.10 Å². The molecule has 1 heterocycles. The zero-order valence-corrected chi connectivity index (χ0v) is 21.3. The van der Waals surface area contributed by atoms with Gasteiger partial charge in [0.05, 0.1) is 18.3 Å². The van der Waals surface area contributed by atoms with Crippen molar-refractivity contribution in [2.45, 2.75) is 13.3 Å². The minimum Gasteiger partial charge on any atom is -0.481 e. The molecule has 0 aliphatic heterocycles. The number of nitrogens with one attached hydrogen (secondary N) is 1. The molecule has 0 saturated heterocycles. The standard InChI is InChI=1S/C30H24ClN3O4/c1-19-5-6-22-16-23(8-7-21(22)15-19)29-27(18-34(33-29)25-4-2-3-24(31)17-25)38-26-11-9-20(10-12-26)30(37)32-14-13-28(35)36/h2-12,15-18H,13-14H2,1H3,(H,32,37)(H,35,36). The summed E-state index contributed by atoms with van der Waals surface area (Å²) in [6, 6.07) is 26.5. The highest BCUT2D eigenvalue weighted by molar-refractivity contribution is 6.30. The summed E-state index contributed by atoms with van der Waals surface area (Å²) in [6.07, 6.45) is 1.66. The van der Waals surface area contributed by atoms with Crippen LogP contribution in [-0.4, -0.2) is 33.3 Å². The van der Waals surface area contributed by atoms with Crippen molar-refractivity contribution in [1.82, 2.24) is 15.1 Å². The fourth-order valence-electron chi connectivity index (χ4n) is 4.08. The Kier molecular flexibility index (Phi) is 7.11. The van der Waals surface area contributed by atoms with Gasteiger partial charge >= 0.3 is 5.97 Å². The molecule has 0 unspecified atom stereocenters. The Balaban J connectivity index is 1.46. The second-order valence-electron chi connectivity index (χ2n) is 8.86. The van der Waals surface area contributed by atoms with Crippen molar-refractivity contribution in [3.63, 3.8) is 0 Å². The van der Waals surface area contributed by atoms with Crippen LogP contribution in [0, 0.1) is 6.92 Å². The number of carboxylic acid groups (broad SMARTS) is 1. The molecule has 0 aliphatic carbocycles. The molecule has 38 heavy (non-hydrogen) atoms. The van der Waals surface area contributed by atoms with Gasteiger partial charge in [0.1, 0.15) is 11.4 Å². The van der Waals surface area contributed by atoms with E-state index in [1.54, 1.807) is 41.2 Å². The number of aryl methyl sites for hydroxylation is 1. The molecule has 2 N–H and O–H groups in total. The third-order valence-electron chi connectivity index (χ3n) is 5.99. The lowest BCUT2D eigenvalue weighted by molar-refractivity contribution is -0.136. The lowest BCUT2D eigenvalue weighted by Crippen LogP contribution is -2.25. The number of carboxylic acids is 1. The van der Waals surface area contributed by atoms with Crippen molar-refractivity contribution >= 4 is 34.2 Å². The van der Waals surface area contributed by atoms with E-state index in [0.717, 1.165) is 22.0 Å². The fourth-order valence-corrected chi connectivity index (χ4v) is 4.27. The number of hydrogen-bond acceptors (Lipinski definition) is 4. The molecule has 0 fully saturated rings.